The van der Waals surface area contributed by atoms with Crippen molar-refractivity contribution in [2.24, 2.45) is 0 Å². The largest absolute Gasteiger partial charge is 0.466 e. The Morgan fingerprint density at radius 3 is 0.660 bits per heavy atom. The van der Waals surface area contributed by atoms with E-state index < -0.39 is 26.1 Å². The third-order valence-corrected chi connectivity index (χ3v) is 9.50. The normalized spacial score (nSPS) is 13.7. The maximum Gasteiger partial charge on any atom is 0.466 e. The first-order valence-electron chi connectivity index (χ1n) is 20.5. The van der Waals surface area contributed by atoms with Gasteiger partial charge in [-0.25, -0.2) is 4.57 Å². The van der Waals surface area contributed by atoms with Crippen LogP contribution >= 0.6 is 7.82 Å². The Labute approximate surface area is 292 Å². The fourth-order valence-corrected chi connectivity index (χ4v) is 6.40. The molecule has 0 aliphatic rings. The van der Waals surface area contributed by atoms with Gasteiger partial charge in [0.05, 0.1) is 12.2 Å². The average molecular weight is 695 g/mol. The van der Waals surface area contributed by atoms with Crippen LogP contribution in [0.25, 0.3) is 0 Å². The number of phosphoric acid groups is 1. The minimum Gasteiger partial charge on any atom is -0.390 e. The second kappa shape index (κ2) is 38.8. The molecule has 0 aliphatic heterocycles. The van der Waals surface area contributed by atoms with E-state index in [1.54, 1.807) is 0 Å². The Morgan fingerprint density at radius 1 is 0.340 bits per heavy atom. The lowest BCUT2D eigenvalue weighted by Crippen LogP contribution is -2.37. The predicted octanol–water partition coefficient (Wildman–Crippen LogP) is 11.4. The van der Waals surface area contributed by atoms with Crippen LogP contribution in [-0.2, 0) is 4.57 Å². The minimum atomic E-state index is -4.64. The fraction of sp³-hybridized carbons (Fsp3) is 1.00. The van der Waals surface area contributed by atoms with Gasteiger partial charge < -0.3 is 30.0 Å². The van der Waals surface area contributed by atoms with Crippen molar-refractivity contribution in [1.29, 1.82) is 0 Å². The van der Waals surface area contributed by atoms with Gasteiger partial charge >= 0.3 is 7.82 Å². The molecule has 0 amide bonds. The molecule has 0 aromatic carbocycles. The highest BCUT2D eigenvalue weighted by molar-refractivity contribution is 7.45. The van der Waals surface area contributed by atoms with Gasteiger partial charge in [0.1, 0.15) is 6.10 Å². The first kappa shape index (κ1) is 49.1. The molecule has 0 aliphatic carbocycles. The summed E-state index contributed by atoms with van der Waals surface area (Å²) in [7, 11) is -4.64. The summed E-state index contributed by atoms with van der Waals surface area (Å²) < 4.78 is 8.88. The first-order chi connectivity index (χ1) is 22.6. The number of hydrogen-bond acceptors (Lipinski definition) is 4. The average Bonchev–Trinajstić information content (AvgIpc) is 3.03. The predicted molar refractivity (Wildman–Crippen MR) is 201 cm³/mol. The summed E-state index contributed by atoms with van der Waals surface area (Å²) in [6.07, 6.45) is 41.4. The van der Waals surface area contributed by atoms with Crippen molar-refractivity contribution in [2.45, 2.75) is 250 Å². The number of rotatable bonds is 36. The molecule has 8 heteroatoms. The molecule has 0 saturated heterocycles. The molecule has 0 aromatic heterocycles. The van der Waals surface area contributed by atoms with E-state index in [1.807, 2.05) is 0 Å². The van der Waals surface area contributed by atoms with Crippen LogP contribution in [0.1, 0.15) is 232 Å². The highest BCUT2D eigenvalue weighted by atomic mass is 31.2. The maximum atomic E-state index is 10.3. The van der Waals surface area contributed by atoms with Crippen molar-refractivity contribution in [1.82, 2.24) is 0 Å². The highest BCUT2D eigenvalue weighted by Gasteiger charge is 2.23. The Balaban J connectivity index is 0. The van der Waals surface area contributed by atoms with E-state index in [4.69, 9.17) is 19.2 Å². The monoisotopic (exact) mass is 695 g/mol. The molecule has 7 nitrogen and oxygen atoms in total. The van der Waals surface area contributed by atoms with Crippen LogP contribution in [0.2, 0.25) is 0 Å². The second-order valence-electron chi connectivity index (χ2n) is 14.3. The molecule has 0 bridgehead atoms. The van der Waals surface area contributed by atoms with Gasteiger partial charge in [-0.15, -0.1) is 0 Å². The molecule has 0 fully saturated rings. The van der Waals surface area contributed by atoms with E-state index in [-0.39, 0.29) is 0 Å². The van der Waals surface area contributed by atoms with Gasteiger partial charge in [0, 0.05) is 0 Å². The molecular formula is C39H83O7P. The van der Waals surface area contributed by atoms with E-state index in [0.29, 0.717) is 12.8 Å². The van der Waals surface area contributed by atoms with Crippen molar-refractivity contribution in [2.75, 3.05) is 0 Å². The van der Waals surface area contributed by atoms with Crippen LogP contribution in [0.4, 0.5) is 0 Å². The van der Waals surface area contributed by atoms with Crippen LogP contribution < -0.4 is 0 Å². The van der Waals surface area contributed by atoms with Gasteiger partial charge in [-0.05, 0) is 12.8 Å². The lowest BCUT2D eigenvalue weighted by atomic mass is 9.97. The number of hydrogen-bond donors (Lipinski definition) is 6. The Kier molecular flexibility index (Phi) is 40.5. The Morgan fingerprint density at radius 2 is 0.489 bits per heavy atom. The molecule has 47 heavy (non-hydrogen) atoms. The molecule has 0 aromatic rings. The van der Waals surface area contributed by atoms with Gasteiger partial charge in [0.25, 0.3) is 0 Å². The molecule has 2 unspecified atom stereocenters. The molecule has 0 radical (unpaired) electrons. The zero-order valence-corrected chi connectivity index (χ0v) is 32.2. The quantitative estimate of drug-likeness (QED) is 0.0283. The summed E-state index contributed by atoms with van der Waals surface area (Å²) in [5.74, 6) is 0. The summed E-state index contributed by atoms with van der Waals surface area (Å²) in [6, 6.07) is 0. The molecule has 0 spiro atoms. The number of unbranched alkanes of at least 4 members (excludes halogenated alkanes) is 30. The van der Waals surface area contributed by atoms with Crippen LogP contribution in [0.3, 0.4) is 0 Å². The third kappa shape index (κ3) is 46.0. The molecule has 0 saturated carbocycles. The smallest absolute Gasteiger partial charge is 0.390 e. The summed E-state index contributed by atoms with van der Waals surface area (Å²) in [5.41, 5.74) is 0. The zero-order valence-electron chi connectivity index (χ0n) is 31.3. The second-order valence-corrected chi connectivity index (χ2v) is 15.3. The van der Waals surface area contributed by atoms with Gasteiger partial charge in [-0.3, -0.25) is 0 Å². The molecular weight excluding hydrogens is 611 g/mol. The van der Waals surface area contributed by atoms with Crippen LogP contribution in [-0.4, -0.2) is 48.3 Å². The van der Waals surface area contributed by atoms with Crippen LogP contribution in [0.5, 0.6) is 0 Å². The molecule has 2 atom stereocenters. The van der Waals surface area contributed by atoms with Crippen molar-refractivity contribution < 1.29 is 34.6 Å². The Hall–Kier alpha value is -0.0100. The number of aliphatic hydroxyl groups excluding tert-OH is 3. The summed E-state index contributed by atoms with van der Waals surface area (Å²) in [4.78, 5) is 21.6. The van der Waals surface area contributed by atoms with E-state index in [9.17, 15) is 15.3 Å². The zero-order chi connectivity index (χ0) is 35.3. The van der Waals surface area contributed by atoms with E-state index in [2.05, 4.69) is 13.8 Å². The molecule has 286 valence electrons. The summed E-state index contributed by atoms with van der Waals surface area (Å²) in [6.45, 7) is 4.57. The van der Waals surface area contributed by atoms with Gasteiger partial charge in [-0.2, -0.15) is 0 Å². The van der Waals surface area contributed by atoms with Crippen LogP contribution in [0.15, 0.2) is 0 Å². The number of aliphatic hydroxyl groups is 3. The Bertz CT molecular complexity index is 580. The standard InChI is InChI=1S/C39H80O3.H3O4P/c1-3-5-7-9-11-13-15-17-19-21-23-25-27-29-31-33-35-37(40)39(42)38(41)36-34-32-30-28-26-24-22-20-18-16-14-12-10-8-6-4-2;1-5(2,3)4/h37-42H,3-36H2,1-2H3;(H3,1,2,3,4). The topological polar surface area (TPSA) is 138 Å². The maximum absolute atomic E-state index is 10.3. The summed E-state index contributed by atoms with van der Waals surface area (Å²) in [5, 5.41) is 31.0. The van der Waals surface area contributed by atoms with Crippen molar-refractivity contribution in [3.8, 4) is 0 Å². The lowest BCUT2D eigenvalue weighted by Gasteiger charge is -2.23. The van der Waals surface area contributed by atoms with E-state index >= 15 is 0 Å². The van der Waals surface area contributed by atoms with Crippen LogP contribution in [0, 0.1) is 0 Å². The van der Waals surface area contributed by atoms with Gasteiger partial charge in [-0.1, -0.05) is 219 Å². The fourth-order valence-electron chi connectivity index (χ4n) is 6.40. The van der Waals surface area contributed by atoms with Crippen molar-refractivity contribution >= 4 is 7.82 Å². The molecule has 0 heterocycles. The van der Waals surface area contributed by atoms with Gasteiger partial charge in [0.15, 0.2) is 0 Å². The summed E-state index contributed by atoms with van der Waals surface area (Å²) >= 11 is 0. The highest BCUT2D eigenvalue weighted by Crippen LogP contribution is 2.26. The molecule has 0 rings (SSSR count). The molecule has 6 N–H and O–H groups in total. The lowest BCUT2D eigenvalue weighted by molar-refractivity contribution is -0.0653. The first-order valence-corrected chi connectivity index (χ1v) is 22.0. The van der Waals surface area contributed by atoms with Gasteiger partial charge in [0.2, 0.25) is 0 Å². The van der Waals surface area contributed by atoms with Crippen molar-refractivity contribution in [3.05, 3.63) is 0 Å². The van der Waals surface area contributed by atoms with E-state index in [0.717, 1.165) is 25.7 Å². The third-order valence-electron chi connectivity index (χ3n) is 9.50. The minimum absolute atomic E-state index is 0.607. The SMILES string of the molecule is CCCCCCCCCCCCCCCCCCC(O)C(O)C(O)CCCCCCCCCCCCCCCCCC.O=P(O)(O)O. The van der Waals surface area contributed by atoms with Crippen molar-refractivity contribution in [3.63, 3.8) is 0 Å². The van der Waals surface area contributed by atoms with E-state index in [1.165, 1.54) is 180 Å².